The van der Waals surface area contributed by atoms with Crippen LogP contribution in [0.15, 0.2) is 18.2 Å². The van der Waals surface area contributed by atoms with Gasteiger partial charge in [-0.25, -0.2) is 0 Å². The van der Waals surface area contributed by atoms with E-state index in [2.05, 4.69) is 22.3 Å². The molecular weight excluding hydrogens is 186 g/mol. The van der Waals surface area contributed by atoms with E-state index in [0.717, 1.165) is 38.3 Å². The van der Waals surface area contributed by atoms with Crippen LogP contribution in [0, 0.1) is 0 Å². The first-order chi connectivity index (χ1) is 7.29. The zero-order chi connectivity index (χ0) is 10.7. The molecule has 82 valence electrons. The predicted molar refractivity (Wildman–Crippen MR) is 63.8 cm³/mol. The average Bonchev–Trinajstić information content (AvgIpc) is 2.26. The lowest BCUT2D eigenvalue weighted by Crippen LogP contribution is -2.35. The Bertz CT molecular complexity index is 336. The number of nitrogens with two attached hydrogens (primary N) is 1. The maximum absolute atomic E-state index is 5.77. The fraction of sp³-hybridized carbons (Fsp3) is 0.500. The number of nitrogen functional groups attached to an aromatic ring is 1. The van der Waals surface area contributed by atoms with Gasteiger partial charge in [-0.15, -0.1) is 0 Å². The summed E-state index contributed by atoms with van der Waals surface area (Å²) in [7, 11) is 2.00. The first-order valence-electron chi connectivity index (χ1n) is 5.54. The molecule has 15 heavy (non-hydrogen) atoms. The summed E-state index contributed by atoms with van der Waals surface area (Å²) in [5, 5.41) is 3.19. The monoisotopic (exact) mass is 205 g/mol. The topological polar surface area (TPSA) is 41.3 Å². The molecule has 3 nitrogen and oxygen atoms in total. The Morgan fingerprint density at radius 3 is 3.07 bits per heavy atom. The molecular formula is C12H19N3. The number of hydrogen-bond acceptors (Lipinski definition) is 3. The second kappa shape index (κ2) is 4.64. The standard InChI is InChI=1S/C12H19N3/c1-14-5-7-15-6-4-10-8-12(13)3-2-11(10)9-15/h2-3,8,14H,4-7,9,13H2,1H3. The van der Waals surface area contributed by atoms with Crippen molar-refractivity contribution in [2.24, 2.45) is 0 Å². The lowest BCUT2D eigenvalue weighted by molar-refractivity contribution is 0.256. The van der Waals surface area contributed by atoms with E-state index in [-0.39, 0.29) is 0 Å². The number of nitrogens with one attached hydrogen (secondary N) is 1. The molecule has 0 saturated heterocycles. The van der Waals surface area contributed by atoms with E-state index < -0.39 is 0 Å². The van der Waals surface area contributed by atoms with Crippen molar-refractivity contribution in [2.75, 3.05) is 32.4 Å². The van der Waals surface area contributed by atoms with Gasteiger partial charge in [0.1, 0.15) is 0 Å². The second-order valence-corrected chi connectivity index (χ2v) is 4.16. The van der Waals surface area contributed by atoms with Crippen molar-refractivity contribution in [2.45, 2.75) is 13.0 Å². The molecule has 1 aromatic rings. The van der Waals surface area contributed by atoms with Gasteiger partial charge in [0.25, 0.3) is 0 Å². The molecule has 2 rings (SSSR count). The molecule has 3 heteroatoms. The van der Waals surface area contributed by atoms with Gasteiger partial charge in [0.05, 0.1) is 0 Å². The fourth-order valence-corrected chi connectivity index (χ4v) is 2.09. The zero-order valence-corrected chi connectivity index (χ0v) is 9.29. The average molecular weight is 205 g/mol. The van der Waals surface area contributed by atoms with Crippen LogP contribution in [0.3, 0.4) is 0 Å². The third-order valence-electron chi connectivity index (χ3n) is 3.00. The highest BCUT2D eigenvalue weighted by Gasteiger charge is 2.15. The third kappa shape index (κ3) is 2.49. The number of benzene rings is 1. The molecule has 0 unspecified atom stereocenters. The van der Waals surface area contributed by atoms with Gasteiger partial charge >= 0.3 is 0 Å². The molecule has 0 atom stereocenters. The minimum absolute atomic E-state index is 0.887. The molecule has 3 N–H and O–H groups in total. The van der Waals surface area contributed by atoms with Crippen LogP contribution in [-0.2, 0) is 13.0 Å². The Hall–Kier alpha value is -1.06. The number of likely N-dealkylation sites (N-methyl/N-ethyl adjacent to an activating group) is 1. The summed E-state index contributed by atoms with van der Waals surface area (Å²) in [6, 6.07) is 6.28. The minimum atomic E-state index is 0.887. The van der Waals surface area contributed by atoms with Crippen molar-refractivity contribution in [1.29, 1.82) is 0 Å². The first kappa shape index (κ1) is 10.5. The van der Waals surface area contributed by atoms with Gasteiger partial charge in [0.2, 0.25) is 0 Å². The molecule has 0 amide bonds. The van der Waals surface area contributed by atoms with Gasteiger partial charge in [-0.3, -0.25) is 4.90 Å². The summed E-state index contributed by atoms with van der Waals surface area (Å²) in [5.74, 6) is 0. The van der Waals surface area contributed by atoms with Gasteiger partial charge < -0.3 is 11.1 Å². The lowest BCUT2D eigenvalue weighted by Gasteiger charge is -2.28. The number of anilines is 1. The van der Waals surface area contributed by atoms with Crippen LogP contribution < -0.4 is 11.1 Å². The second-order valence-electron chi connectivity index (χ2n) is 4.16. The van der Waals surface area contributed by atoms with Crippen molar-refractivity contribution in [3.05, 3.63) is 29.3 Å². The summed E-state index contributed by atoms with van der Waals surface area (Å²) in [6.07, 6.45) is 1.13. The van der Waals surface area contributed by atoms with E-state index in [4.69, 9.17) is 5.73 Å². The summed E-state index contributed by atoms with van der Waals surface area (Å²) in [4.78, 5) is 2.48. The van der Waals surface area contributed by atoms with Crippen molar-refractivity contribution in [3.8, 4) is 0 Å². The molecule has 1 aliphatic rings. The van der Waals surface area contributed by atoms with Crippen LogP contribution in [-0.4, -0.2) is 31.6 Å². The highest BCUT2D eigenvalue weighted by Crippen LogP contribution is 2.20. The maximum Gasteiger partial charge on any atom is 0.0316 e. The Balaban J connectivity index is 2.03. The zero-order valence-electron chi connectivity index (χ0n) is 9.29. The molecule has 0 saturated carbocycles. The summed E-state index contributed by atoms with van der Waals surface area (Å²) in [5.41, 5.74) is 9.52. The summed E-state index contributed by atoms with van der Waals surface area (Å²) < 4.78 is 0. The van der Waals surface area contributed by atoms with Crippen molar-refractivity contribution in [3.63, 3.8) is 0 Å². The number of fused-ring (bicyclic) bond motifs is 1. The molecule has 1 heterocycles. The Morgan fingerprint density at radius 1 is 1.40 bits per heavy atom. The van der Waals surface area contributed by atoms with Crippen LogP contribution in [0.1, 0.15) is 11.1 Å². The van der Waals surface area contributed by atoms with Crippen LogP contribution in [0.2, 0.25) is 0 Å². The number of rotatable bonds is 3. The number of nitrogens with zero attached hydrogens (tertiary/aromatic N) is 1. The van der Waals surface area contributed by atoms with Crippen molar-refractivity contribution in [1.82, 2.24) is 10.2 Å². The molecule has 0 spiro atoms. The third-order valence-corrected chi connectivity index (χ3v) is 3.00. The molecule has 1 aromatic carbocycles. The lowest BCUT2D eigenvalue weighted by atomic mass is 9.99. The van der Waals surface area contributed by atoms with Crippen LogP contribution in [0.4, 0.5) is 5.69 Å². The molecule has 0 bridgehead atoms. The van der Waals surface area contributed by atoms with Gasteiger partial charge in [-0.05, 0) is 36.7 Å². The molecule has 0 radical (unpaired) electrons. The van der Waals surface area contributed by atoms with E-state index in [1.807, 2.05) is 13.1 Å². The summed E-state index contributed by atoms with van der Waals surface area (Å²) >= 11 is 0. The van der Waals surface area contributed by atoms with E-state index >= 15 is 0 Å². The van der Waals surface area contributed by atoms with Crippen LogP contribution in [0.5, 0.6) is 0 Å². The normalized spacial score (nSPS) is 16.3. The highest BCUT2D eigenvalue weighted by atomic mass is 15.1. The van der Waals surface area contributed by atoms with Crippen LogP contribution >= 0.6 is 0 Å². The minimum Gasteiger partial charge on any atom is -0.399 e. The highest BCUT2D eigenvalue weighted by molar-refractivity contribution is 5.45. The van der Waals surface area contributed by atoms with Gasteiger partial charge in [-0.2, -0.15) is 0 Å². The number of hydrogen-bond donors (Lipinski definition) is 2. The first-order valence-corrected chi connectivity index (χ1v) is 5.54. The smallest absolute Gasteiger partial charge is 0.0316 e. The van der Waals surface area contributed by atoms with Crippen molar-refractivity contribution < 1.29 is 0 Å². The van der Waals surface area contributed by atoms with Crippen molar-refractivity contribution >= 4 is 5.69 Å². The molecule has 1 aliphatic heterocycles. The maximum atomic E-state index is 5.77. The fourth-order valence-electron chi connectivity index (χ4n) is 2.09. The van der Waals surface area contributed by atoms with Gasteiger partial charge in [0, 0.05) is 31.9 Å². The van der Waals surface area contributed by atoms with Crippen LogP contribution in [0.25, 0.3) is 0 Å². The largest absolute Gasteiger partial charge is 0.399 e. The SMILES string of the molecule is CNCCN1CCc2cc(N)ccc2C1. The van der Waals surface area contributed by atoms with Gasteiger partial charge in [0.15, 0.2) is 0 Å². The molecule has 0 aromatic heterocycles. The van der Waals surface area contributed by atoms with E-state index in [0.29, 0.717) is 0 Å². The van der Waals surface area contributed by atoms with E-state index in [1.54, 1.807) is 0 Å². The Labute approximate surface area is 91.3 Å². The molecule has 0 aliphatic carbocycles. The summed E-state index contributed by atoms with van der Waals surface area (Å²) in [6.45, 7) is 4.40. The van der Waals surface area contributed by atoms with E-state index in [9.17, 15) is 0 Å². The van der Waals surface area contributed by atoms with Gasteiger partial charge in [-0.1, -0.05) is 6.07 Å². The quantitative estimate of drug-likeness (QED) is 0.719. The van der Waals surface area contributed by atoms with E-state index in [1.165, 1.54) is 11.1 Å². The molecule has 0 fully saturated rings. The Morgan fingerprint density at radius 2 is 2.27 bits per heavy atom. The Kier molecular flexibility index (Phi) is 3.23. The predicted octanol–water partition coefficient (Wildman–Crippen LogP) is 0.846.